The first kappa shape index (κ1) is 8.47. The van der Waals surface area contributed by atoms with Gasteiger partial charge in [-0.15, -0.1) is 0 Å². The van der Waals surface area contributed by atoms with Crippen molar-refractivity contribution >= 4 is 0 Å². The Morgan fingerprint density at radius 3 is 2.92 bits per heavy atom. The molecule has 0 fully saturated rings. The number of hydrogen-bond donors (Lipinski definition) is 0. The van der Waals surface area contributed by atoms with E-state index < -0.39 is 6.67 Å². The molecule has 0 atom stereocenters. The highest BCUT2D eigenvalue weighted by Crippen LogP contribution is 2.07. The molecule has 0 bridgehead atoms. The number of ether oxygens (including phenoxy) is 1. The van der Waals surface area contributed by atoms with Crippen LogP contribution in [0, 0.1) is 11.3 Å². The highest BCUT2D eigenvalue weighted by atomic mass is 19.1. The molecule has 1 rings (SSSR count). The second-order valence-corrected chi connectivity index (χ2v) is 2.03. The molecule has 0 saturated heterocycles. The van der Waals surface area contributed by atoms with E-state index in [0.29, 0.717) is 11.4 Å². The van der Waals surface area contributed by atoms with Gasteiger partial charge in [-0.25, -0.2) is 9.37 Å². The molecule has 0 aliphatic heterocycles. The van der Waals surface area contributed by atoms with E-state index >= 15 is 0 Å². The molecule has 0 aromatic carbocycles. The summed E-state index contributed by atoms with van der Waals surface area (Å²) >= 11 is 0. The van der Waals surface area contributed by atoms with Gasteiger partial charge in [-0.2, -0.15) is 5.26 Å². The van der Waals surface area contributed by atoms with Gasteiger partial charge in [0.2, 0.25) is 0 Å². The largest absolute Gasteiger partial charge is 0.489 e. The smallest absolute Gasteiger partial charge is 0.140 e. The van der Waals surface area contributed by atoms with Gasteiger partial charge in [0.05, 0.1) is 6.20 Å². The molecule has 0 unspecified atom stereocenters. The van der Waals surface area contributed by atoms with Crippen LogP contribution in [0.4, 0.5) is 4.39 Å². The summed E-state index contributed by atoms with van der Waals surface area (Å²) in [5.41, 5.74) is 0.322. The van der Waals surface area contributed by atoms with Crippen LogP contribution in [0.3, 0.4) is 0 Å². The van der Waals surface area contributed by atoms with Crippen molar-refractivity contribution in [3.63, 3.8) is 0 Å². The Kier molecular flexibility index (Phi) is 3.03. The van der Waals surface area contributed by atoms with Gasteiger partial charge in [-0.05, 0) is 12.1 Å². The maximum atomic E-state index is 11.6. The fourth-order valence-corrected chi connectivity index (χ4v) is 0.688. The number of halogens is 1. The summed E-state index contributed by atoms with van der Waals surface area (Å²) in [6, 6.07) is 4.98. The van der Waals surface area contributed by atoms with E-state index in [2.05, 4.69) is 4.98 Å². The Bertz CT molecular complexity index is 278. The third-order valence-electron chi connectivity index (χ3n) is 1.20. The molecule has 0 amide bonds. The number of aromatic nitrogens is 1. The predicted octanol–water partition coefficient (Wildman–Crippen LogP) is 1.30. The van der Waals surface area contributed by atoms with Crippen LogP contribution in [0.25, 0.3) is 0 Å². The van der Waals surface area contributed by atoms with Gasteiger partial charge in [-0.3, -0.25) is 0 Å². The molecule has 1 heterocycles. The van der Waals surface area contributed by atoms with Crippen molar-refractivity contribution in [2.24, 2.45) is 0 Å². The lowest BCUT2D eigenvalue weighted by Gasteiger charge is -2.00. The highest BCUT2D eigenvalue weighted by molar-refractivity contribution is 5.26. The Labute approximate surface area is 69.4 Å². The van der Waals surface area contributed by atoms with Crippen LogP contribution in [0.2, 0.25) is 0 Å². The molecule has 1 aromatic heterocycles. The van der Waals surface area contributed by atoms with Gasteiger partial charge in [0.25, 0.3) is 0 Å². The first-order valence-electron chi connectivity index (χ1n) is 3.41. The van der Waals surface area contributed by atoms with E-state index in [9.17, 15) is 4.39 Å². The maximum absolute atomic E-state index is 11.6. The molecular formula is C8H7FN2O. The Hall–Kier alpha value is -1.63. The molecular weight excluding hydrogens is 159 g/mol. The van der Waals surface area contributed by atoms with E-state index in [1.807, 2.05) is 6.07 Å². The third-order valence-corrected chi connectivity index (χ3v) is 1.20. The summed E-state index contributed by atoms with van der Waals surface area (Å²) in [4.78, 5) is 3.74. The molecule has 0 saturated carbocycles. The van der Waals surface area contributed by atoms with Crippen molar-refractivity contribution in [2.75, 3.05) is 13.3 Å². The quantitative estimate of drug-likeness (QED) is 0.679. The first-order valence-corrected chi connectivity index (χ1v) is 3.41. The number of alkyl halides is 1. The average Bonchev–Trinajstić information content (AvgIpc) is 2.15. The molecule has 3 nitrogen and oxygen atoms in total. The zero-order valence-corrected chi connectivity index (χ0v) is 6.33. The molecule has 1 aromatic rings. The Balaban J connectivity index is 2.60. The predicted molar refractivity (Wildman–Crippen MR) is 40.4 cm³/mol. The normalized spacial score (nSPS) is 9.00. The van der Waals surface area contributed by atoms with Crippen molar-refractivity contribution in [2.45, 2.75) is 0 Å². The zero-order chi connectivity index (χ0) is 8.81. The standard InChI is InChI=1S/C8H7FN2O/c9-3-4-12-8-2-1-7(5-10)11-6-8/h1-2,6H,3-4H2. The van der Waals surface area contributed by atoms with Crippen molar-refractivity contribution in [1.82, 2.24) is 4.98 Å². The van der Waals surface area contributed by atoms with Gasteiger partial charge in [0, 0.05) is 0 Å². The Morgan fingerprint density at radius 1 is 1.58 bits per heavy atom. The fourth-order valence-electron chi connectivity index (χ4n) is 0.688. The van der Waals surface area contributed by atoms with Crippen molar-refractivity contribution < 1.29 is 9.13 Å². The number of hydrogen-bond acceptors (Lipinski definition) is 3. The van der Waals surface area contributed by atoms with E-state index in [1.54, 1.807) is 6.07 Å². The topological polar surface area (TPSA) is 45.9 Å². The van der Waals surface area contributed by atoms with Crippen LogP contribution in [-0.4, -0.2) is 18.3 Å². The molecule has 0 N–H and O–H groups in total. The molecule has 0 radical (unpaired) electrons. The van der Waals surface area contributed by atoms with Gasteiger partial charge in [-0.1, -0.05) is 0 Å². The SMILES string of the molecule is N#Cc1ccc(OCCF)cn1. The van der Waals surface area contributed by atoms with Gasteiger partial charge in [0.1, 0.15) is 30.8 Å². The van der Waals surface area contributed by atoms with E-state index in [-0.39, 0.29) is 6.61 Å². The molecule has 12 heavy (non-hydrogen) atoms. The number of pyridine rings is 1. The second kappa shape index (κ2) is 4.29. The van der Waals surface area contributed by atoms with Crippen LogP contribution < -0.4 is 4.74 Å². The molecule has 62 valence electrons. The maximum Gasteiger partial charge on any atom is 0.140 e. The van der Waals surface area contributed by atoms with Crippen molar-refractivity contribution in [1.29, 1.82) is 5.26 Å². The van der Waals surface area contributed by atoms with Crippen molar-refractivity contribution in [3.05, 3.63) is 24.0 Å². The minimum absolute atomic E-state index is 0.0214. The second-order valence-electron chi connectivity index (χ2n) is 2.03. The summed E-state index contributed by atoms with van der Waals surface area (Å²) in [5.74, 6) is 0.478. The van der Waals surface area contributed by atoms with Gasteiger partial charge >= 0.3 is 0 Å². The highest BCUT2D eigenvalue weighted by Gasteiger charge is 1.94. The zero-order valence-electron chi connectivity index (χ0n) is 6.33. The summed E-state index contributed by atoms with van der Waals surface area (Å²) in [7, 11) is 0. The lowest BCUT2D eigenvalue weighted by molar-refractivity contribution is 0.272. The van der Waals surface area contributed by atoms with Gasteiger partial charge < -0.3 is 4.74 Å². The van der Waals surface area contributed by atoms with Crippen LogP contribution in [0.1, 0.15) is 5.69 Å². The van der Waals surface area contributed by atoms with Crippen LogP contribution in [-0.2, 0) is 0 Å². The van der Waals surface area contributed by atoms with Crippen molar-refractivity contribution in [3.8, 4) is 11.8 Å². The fraction of sp³-hybridized carbons (Fsp3) is 0.250. The van der Waals surface area contributed by atoms with Crippen LogP contribution >= 0.6 is 0 Å². The third kappa shape index (κ3) is 2.20. The molecule has 0 aliphatic carbocycles. The van der Waals surface area contributed by atoms with Crippen LogP contribution in [0.15, 0.2) is 18.3 Å². The van der Waals surface area contributed by atoms with Crippen LogP contribution in [0.5, 0.6) is 5.75 Å². The minimum atomic E-state index is -0.528. The molecule has 4 heteroatoms. The Morgan fingerprint density at radius 2 is 2.42 bits per heavy atom. The number of nitriles is 1. The lowest BCUT2D eigenvalue weighted by atomic mass is 10.4. The number of nitrogens with zero attached hydrogens (tertiary/aromatic N) is 2. The van der Waals surface area contributed by atoms with E-state index in [0.717, 1.165) is 0 Å². The van der Waals surface area contributed by atoms with E-state index in [1.165, 1.54) is 12.3 Å². The van der Waals surface area contributed by atoms with Gasteiger partial charge in [0.15, 0.2) is 0 Å². The molecule has 0 aliphatic rings. The lowest BCUT2D eigenvalue weighted by Crippen LogP contribution is -1.98. The molecule has 0 spiro atoms. The summed E-state index contributed by atoms with van der Waals surface area (Å²) in [6.45, 7) is -0.506. The average molecular weight is 166 g/mol. The summed E-state index contributed by atoms with van der Waals surface area (Å²) in [5, 5.41) is 8.39. The summed E-state index contributed by atoms with van der Waals surface area (Å²) in [6.07, 6.45) is 1.40. The number of rotatable bonds is 3. The summed E-state index contributed by atoms with van der Waals surface area (Å²) < 4.78 is 16.5. The minimum Gasteiger partial charge on any atom is -0.489 e. The first-order chi connectivity index (χ1) is 5.86. The van der Waals surface area contributed by atoms with E-state index in [4.69, 9.17) is 10.00 Å². The monoisotopic (exact) mass is 166 g/mol.